The minimum atomic E-state index is -3.82. The summed E-state index contributed by atoms with van der Waals surface area (Å²) in [6, 6.07) is 3.30. The molecule has 0 aromatic heterocycles. The molecule has 1 aliphatic rings. The van der Waals surface area contributed by atoms with E-state index in [-0.39, 0.29) is 22.2 Å². The predicted molar refractivity (Wildman–Crippen MR) is 72.1 cm³/mol. The van der Waals surface area contributed by atoms with Gasteiger partial charge >= 0.3 is 6.61 Å². The number of ether oxygens (including phenoxy) is 1. The second-order valence-electron chi connectivity index (χ2n) is 4.63. The van der Waals surface area contributed by atoms with Crippen molar-refractivity contribution in [1.82, 2.24) is 4.31 Å². The molecule has 9 heteroatoms. The Morgan fingerprint density at radius 3 is 2.71 bits per heavy atom. The van der Waals surface area contributed by atoms with Crippen LogP contribution in [0.4, 0.5) is 8.78 Å². The summed E-state index contributed by atoms with van der Waals surface area (Å²) >= 11 is 5.76. The zero-order chi connectivity index (χ0) is 15.6. The van der Waals surface area contributed by atoms with Gasteiger partial charge in [0.25, 0.3) is 0 Å². The fourth-order valence-corrected chi connectivity index (χ4v) is 3.95. The lowest BCUT2D eigenvalue weighted by Gasteiger charge is -2.29. The van der Waals surface area contributed by atoms with Gasteiger partial charge in [0.15, 0.2) is 0 Å². The van der Waals surface area contributed by atoms with Crippen LogP contribution in [0.15, 0.2) is 23.1 Å². The fourth-order valence-electron chi connectivity index (χ4n) is 2.12. The smallest absolute Gasteiger partial charge is 0.387 e. The fraction of sp³-hybridized carbons (Fsp3) is 0.500. The first-order chi connectivity index (χ1) is 9.80. The van der Waals surface area contributed by atoms with Crippen LogP contribution in [0.2, 0.25) is 5.02 Å². The predicted octanol–water partition coefficient (Wildman–Crippen LogP) is 2.09. The minimum Gasteiger partial charge on any atom is -0.433 e. The van der Waals surface area contributed by atoms with Crippen LogP contribution in [0, 0.1) is 0 Å². The van der Waals surface area contributed by atoms with Crippen LogP contribution in [0.1, 0.15) is 12.8 Å². The maximum atomic E-state index is 12.4. The van der Waals surface area contributed by atoms with E-state index in [1.165, 1.54) is 0 Å². The quantitative estimate of drug-likeness (QED) is 0.910. The van der Waals surface area contributed by atoms with E-state index in [4.69, 9.17) is 11.6 Å². The SMILES string of the molecule is O=S(=O)(c1ccc(OC(F)F)c(Cl)c1)N1CCC[C@H](O)C1. The summed E-state index contributed by atoms with van der Waals surface area (Å²) in [6.45, 7) is -2.73. The van der Waals surface area contributed by atoms with Gasteiger partial charge in [-0.3, -0.25) is 0 Å². The normalized spacial score (nSPS) is 20.7. The monoisotopic (exact) mass is 341 g/mol. The molecule has 1 N–H and O–H groups in total. The zero-order valence-corrected chi connectivity index (χ0v) is 12.4. The van der Waals surface area contributed by atoms with Gasteiger partial charge in [-0.05, 0) is 31.0 Å². The number of sulfonamides is 1. The number of aliphatic hydroxyl groups excluding tert-OH is 1. The van der Waals surface area contributed by atoms with Crippen LogP contribution in [0.3, 0.4) is 0 Å². The summed E-state index contributed by atoms with van der Waals surface area (Å²) in [4.78, 5) is -0.122. The topological polar surface area (TPSA) is 66.8 Å². The zero-order valence-electron chi connectivity index (χ0n) is 10.9. The lowest BCUT2D eigenvalue weighted by Crippen LogP contribution is -2.42. The molecule has 0 radical (unpaired) electrons. The van der Waals surface area contributed by atoms with Crippen molar-refractivity contribution in [3.05, 3.63) is 23.2 Å². The van der Waals surface area contributed by atoms with Crippen LogP contribution in [-0.2, 0) is 10.0 Å². The molecule has 1 aromatic rings. The molecule has 1 fully saturated rings. The van der Waals surface area contributed by atoms with Crippen molar-refractivity contribution < 1.29 is 27.0 Å². The van der Waals surface area contributed by atoms with Crippen molar-refractivity contribution in [2.45, 2.75) is 30.5 Å². The molecule has 21 heavy (non-hydrogen) atoms. The van der Waals surface area contributed by atoms with Crippen LogP contribution in [-0.4, -0.2) is 43.6 Å². The third-order valence-electron chi connectivity index (χ3n) is 3.12. The van der Waals surface area contributed by atoms with E-state index in [0.29, 0.717) is 19.4 Å². The number of halogens is 3. The summed E-state index contributed by atoms with van der Waals surface area (Å²) in [7, 11) is -3.82. The third kappa shape index (κ3) is 3.82. The van der Waals surface area contributed by atoms with Gasteiger partial charge in [-0.1, -0.05) is 11.6 Å². The highest BCUT2D eigenvalue weighted by atomic mass is 35.5. The second-order valence-corrected chi connectivity index (χ2v) is 6.97. The van der Waals surface area contributed by atoms with E-state index < -0.39 is 22.7 Å². The Morgan fingerprint density at radius 1 is 1.43 bits per heavy atom. The van der Waals surface area contributed by atoms with Gasteiger partial charge in [0.2, 0.25) is 10.0 Å². The van der Waals surface area contributed by atoms with Gasteiger partial charge < -0.3 is 9.84 Å². The third-order valence-corrected chi connectivity index (χ3v) is 5.27. The Hall–Kier alpha value is -0.960. The van der Waals surface area contributed by atoms with Crippen LogP contribution in [0.25, 0.3) is 0 Å². The summed E-state index contributed by atoms with van der Waals surface area (Å²) in [5.74, 6) is -0.288. The average Bonchev–Trinajstić information content (AvgIpc) is 2.40. The molecule has 1 aliphatic heterocycles. The summed E-state index contributed by atoms with van der Waals surface area (Å²) in [6.07, 6.45) is 0.403. The van der Waals surface area contributed by atoms with Crippen molar-refractivity contribution in [2.75, 3.05) is 13.1 Å². The average molecular weight is 342 g/mol. The molecule has 1 heterocycles. The summed E-state index contributed by atoms with van der Waals surface area (Å²) in [5.41, 5.74) is 0. The molecule has 0 saturated carbocycles. The highest BCUT2D eigenvalue weighted by Gasteiger charge is 2.30. The van der Waals surface area contributed by atoms with Crippen molar-refractivity contribution in [3.8, 4) is 5.75 Å². The molecule has 0 unspecified atom stereocenters. The van der Waals surface area contributed by atoms with Gasteiger partial charge in [0.1, 0.15) is 5.75 Å². The molecular formula is C12H14ClF2NO4S. The lowest BCUT2D eigenvalue weighted by molar-refractivity contribution is -0.0498. The second kappa shape index (κ2) is 6.43. The van der Waals surface area contributed by atoms with E-state index >= 15 is 0 Å². The molecular weight excluding hydrogens is 328 g/mol. The standard InChI is InChI=1S/C12H14ClF2NO4S/c13-10-6-9(3-4-11(10)20-12(14)15)21(18,19)16-5-1-2-8(17)7-16/h3-4,6,8,12,17H,1-2,5,7H2/t8-/m0/s1. The van der Waals surface area contributed by atoms with Crippen LogP contribution in [0.5, 0.6) is 5.75 Å². The number of alkyl halides is 2. The molecule has 0 aliphatic carbocycles. The van der Waals surface area contributed by atoms with Crippen LogP contribution < -0.4 is 4.74 Å². The van der Waals surface area contributed by atoms with Gasteiger partial charge in [-0.2, -0.15) is 13.1 Å². The van der Waals surface area contributed by atoms with Gasteiger partial charge in [0, 0.05) is 13.1 Å². The summed E-state index contributed by atoms with van der Waals surface area (Å²) in [5, 5.41) is 9.34. The van der Waals surface area contributed by atoms with Gasteiger partial charge in [-0.15, -0.1) is 0 Å². The van der Waals surface area contributed by atoms with E-state index in [9.17, 15) is 22.3 Å². The highest BCUT2D eigenvalue weighted by Crippen LogP contribution is 2.30. The van der Waals surface area contributed by atoms with Crippen molar-refractivity contribution in [3.63, 3.8) is 0 Å². The number of β-amino-alcohol motifs (C(OH)–C–C–N with tert-alkyl or cyclic N) is 1. The van der Waals surface area contributed by atoms with Crippen LogP contribution >= 0.6 is 11.6 Å². The molecule has 0 spiro atoms. The minimum absolute atomic E-state index is 0.00916. The molecule has 1 aromatic carbocycles. The first-order valence-electron chi connectivity index (χ1n) is 6.23. The van der Waals surface area contributed by atoms with Crippen molar-refractivity contribution in [2.24, 2.45) is 0 Å². The number of aliphatic hydroxyl groups is 1. The molecule has 0 bridgehead atoms. The Labute approximate surface area is 126 Å². The molecule has 2 rings (SSSR count). The first-order valence-corrected chi connectivity index (χ1v) is 8.05. The van der Waals surface area contributed by atoms with E-state index in [1.54, 1.807) is 0 Å². The largest absolute Gasteiger partial charge is 0.433 e. The Kier molecular flexibility index (Phi) is 5.03. The molecule has 5 nitrogen and oxygen atoms in total. The number of benzene rings is 1. The maximum Gasteiger partial charge on any atom is 0.387 e. The Bertz CT molecular complexity index is 611. The lowest BCUT2D eigenvalue weighted by atomic mass is 10.1. The number of hydrogen-bond acceptors (Lipinski definition) is 4. The molecule has 1 saturated heterocycles. The number of rotatable bonds is 4. The number of nitrogens with zero attached hydrogens (tertiary/aromatic N) is 1. The van der Waals surface area contributed by atoms with Crippen molar-refractivity contribution >= 4 is 21.6 Å². The van der Waals surface area contributed by atoms with E-state index in [2.05, 4.69) is 4.74 Å². The van der Waals surface area contributed by atoms with E-state index in [0.717, 1.165) is 22.5 Å². The highest BCUT2D eigenvalue weighted by molar-refractivity contribution is 7.89. The maximum absolute atomic E-state index is 12.4. The van der Waals surface area contributed by atoms with Gasteiger partial charge in [-0.25, -0.2) is 8.42 Å². The van der Waals surface area contributed by atoms with E-state index in [1.807, 2.05) is 0 Å². The molecule has 1 atom stereocenters. The van der Waals surface area contributed by atoms with Crippen molar-refractivity contribution in [1.29, 1.82) is 0 Å². The number of hydrogen-bond donors (Lipinski definition) is 1. The first kappa shape index (κ1) is 16.4. The Morgan fingerprint density at radius 2 is 2.14 bits per heavy atom. The Balaban J connectivity index is 2.26. The molecule has 118 valence electrons. The van der Waals surface area contributed by atoms with Gasteiger partial charge in [0.05, 0.1) is 16.0 Å². The number of piperidine rings is 1. The molecule has 0 amide bonds. The summed E-state index contributed by atoms with van der Waals surface area (Å²) < 4.78 is 54.4.